The van der Waals surface area contributed by atoms with Crippen molar-refractivity contribution >= 4 is 15.8 Å². The van der Waals surface area contributed by atoms with E-state index in [0.29, 0.717) is 24.5 Å². The first-order valence-electron chi connectivity index (χ1n) is 6.54. The van der Waals surface area contributed by atoms with Gasteiger partial charge in [0.15, 0.2) is 0 Å². The first-order valence-corrected chi connectivity index (χ1v) is 8.43. The van der Waals surface area contributed by atoms with Crippen LogP contribution in [0.2, 0.25) is 0 Å². The van der Waals surface area contributed by atoms with Crippen molar-refractivity contribution in [2.24, 2.45) is 5.92 Å². The third-order valence-electron chi connectivity index (χ3n) is 3.36. The minimum absolute atomic E-state index is 0.243. The van der Waals surface area contributed by atoms with E-state index in [1.54, 1.807) is 18.3 Å². The Morgan fingerprint density at radius 2 is 2.40 bits per heavy atom. The highest BCUT2D eigenvalue weighted by Gasteiger charge is 2.23. The topological polar surface area (TPSA) is 86.1 Å². The molecule has 108 valence electrons. The van der Waals surface area contributed by atoms with E-state index in [2.05, 4.69) is 20.7 Å². The second kappa shape index (κ2) is 6.20. The van der Waals surface area contributed by atoms with Crippen LogP contribution in [0, 0.1) is 17.2 Å². The molecule has 1 aliphatic rings. The molecule has 7 heteroatoms. The number of pyridine rings is 1. The van der Waals surface area contributed by atoms with Crippen molar-refractivity contribution < 1.29 is 8.42 Å². The van der Waals surface area contributed by atoms with Gasteiger partial charge < -0.3 is 4.90 Å². The van der Waals surface area contributed by atoms with E-state index < -0.39 is 10.0 Å². The number of nitrogens with one attached hydrogen (secondary N) is 1. The molecule has 2 rings (SSSR count). The van der Waals surface area contributed by atoms with Gasteiger partial charge in [-0.2, -0.15) is 5.26 Å². The largest absolute Gasteiger partial charge is 0.355 e. The normalized spacial score (nSPS) is 19.6. The molecule has 6 nitrogen and oxygen atoms in total. The third-order valence-corrected chi connectivity index (χ3v) is 4.05. The molecular weight excluding hydrogens is 276 g/mol. The van der Waals surface area contributed by atoms with Gasteiger partial charge in [-0.25, -0.2) is 18.1 Å². The molecular formula is C13H18N4O2S. The molecule has 1 aliphatic heterocycles. The maximum Gasteiger partial charge on any atom is 0.208 e. The van der Waals surface area contributed by atoms with E-state index in [0.717, 1.165) is 19.4 Å². The van der Waals surface area contributed by atoms with Gasteiger partial charge in [0.25, 0.3) is 0 Å². The van der Waals surface area contributed by atoms with Crippen LogP contribution in [0.3, 0.4) is 0 Å². The highest BCUT2D eigenvalue weighted by molar-refractivity contribution is 7.88. The Labute approximate surface area is 119 Å². The lowest BCUT2D eigenvalue weighted by Gasteiger charge is -2.33. The molecule has 1 atom stereocenters. The Morgan fingerprint density at radius 3 is 3.10 bits per heavy atom. The van der Waals surface area contributed by atoms with Gasteiger partial charge in [0, 0.05) is 25.8 Å². The minimum atomic E-state index is -3.15. The molecule has 1 fully saturated rings. The van der Waals surface area contributed by atoms with Gasteiger partial charge in [-0.15, -0.1) is 0 Å². The summed E-state index contributed by atoms with van der Waals surface area (Å²) in [5.41, 5.74) is 0.559. The second-order valence-corrected chi connectivity index (χ2v) is 6.89. The number of nitrogens with zero attached hydrogens (tertiary/aromatic N) is 3. The number of sulfonamides is 1. The number of anilines is 1. The summed E-state index contributed by atoms with van der Waals surface area (Å²) in [6.07, 6.45) is 4.79. The van der Waals surface area contributed by atoms with E-state index >= 15 is 0 Å². The smallest absolute Gasteiger partial charge is 0.208 e. The fourth-order valence-corrected chi connectivity index (χ4v) is 2.97. The summed E-state index contributed by atoms with van der Waals surface area (Å²) in [4.78, 5) is 6.35. The summed E-state index contributed by atoms with van der Waals surface area (Å²) in [7, 11) is -3.15. The first kappa shape index (κ1) is 14.8. The molecule has 20 heavy (non-hydrogen) atoms. The SMILES string of the molecule is CS(=O)(=O)NC[C@@H]1CCCN(c2ncccc2C#N)C1. The highest BCUT2D eigenvalue weighted by atomic mass is 32.2. The maximum absolute atomic E-state index is 11.1. The number of aromatic nitrogens is 1. The molecule has 0 amide bonds. The van der Waals surface area contributed by atoms with Gasteiger partial charge in [-0.3, -0.25) is 0 Å². The van der Waals surface area contributed by atoms with Crippen molar-refractivity contribution in [1.82, 2.24) is 9.71 Å². The summed E-state index contributed by atoms with van der Waals surface area (Å²) in [6, 6.07) is 5.64. The summed E-state index contributed by atoms with van der Waals surface area (Å²) < 4.78 is 24.8. The van der Waals surface area contributed by atoms with E-state index in [1.165, 1.54) is 6.26 Å². The summed E-state index contributed by atoms with van der Waals surface area (Å²) in [6.45, 7) is 2.00. The van der Waals surface area contributed by atoms with Crippen LogP contribution in [0.15, 0.2) is 18.3 Å². The quantitative estimate of drug-likeness (QED) is 0.884. The van der Waals surface area contributed by atoms with Gasteiger partial charge in [0.2, 0.25) is 10.0 Å². The number of hydrogen-bond donors (Lipinski definition) is 1. The predicted molar refractivity (Wildman–Crippen MR) is 76.7 cm³/mol. The van der Waals surface area contributed by atoms with Crippen LogP contribution in [0.5, 0.6) is 0 Å². The van der Waals surface area contributed by atoms with Gasteiger partial charge >= 0.3 is 0 Å². The summed E-state index contributed by atoms with van der Waals surface area (Å²) in [5, 5.41) is 9.12. The number of hydrogen-bond acceptors (Lipinski definition) is 5. The lowest BCUT2D eigenvalue weighted by Crippen LogP contribution is -2.41. The van der Waals surface area contributed by atoms with Gasteiger partial charge in [0.05, 0.1) is 11.8 Å². The zero-order chi connectivity index (χ0) is 14.6. The summed E-state index contributed by atoms with van der Waals surface area (Å²) >= 11 is 0. The van der Waals surface area contributed by atoms with E-state index in [1.807, 2.05) is 0 Å². The molecule has 0 unspecified atom stereocenters. The zero-order valence-corrected chi connectivity index (χ0v) is 12.2. The van der Waals surface area contributed by atoms with Crippen LogP contribution in [0.25, 0.3) is 0 Å². The summed E-state index contributed by atoms with van der Waals surface area (Å²) in [5.74, 6) is 0.936. The monoisotopic (exact) mass is 294 g/mol. The second-order valence-electron chi connectivity index (χ2n) is 5.06. The minimum Gasteiger partial charge on any atom is -0.355 e. The van der Waals surface area contributed by atoms with E-state index in [-0.39, 0.29) is 5.92 Å². The van der Waals surface area contributed by atoms with Crippen molar-refractivity contribution in [1.29, 1.82) is 5.26 Å². The average molecular weight is 294 g/mol. The number of piperidine rings is 1. The van der Waals surface area contributed by atoms with Gasteiger partial charge in [-0.1, -0.05) is 0 Å². The Hall–Kier alpha value is -1.65. The van der Waals surface area contributed by atoms with Crippen LogP contribution in [0.1, 0.15) is 18.4 Å². The molecule has 0 saturated carbocycles. The zero-order valence-electron chi connectivity index (χ0n) is 11.4. The molecule has 0 bridgehead atoms. The van der Waals surface area contributed by atoms with E-state index in [9.17, 15) is 8.42 Å². The lowest BCUT2D eigenvalue weighted by molar-refractivity contribution is 0.409. The van der Waals surface area contributed by atoms with E-state index in [4.69, 9.17) is 5.26 Å². The molecule has 1 saturated heterocycles. The third kappa shape index (κ3) is 3.92. The fraction of sp³-hybridized carbons (Fsp3) is 0.538. The van der Waals surface area contributed by atoms with Crippen LogP contribution in [-0.4, -0.2) is 39.3 Å². The standard InChI is InChI=1S/C13H18N4O2S/c1-20(18,19)16-9-11-4-3-7-17(10-11)13-12(8-14)5-2-6-15-13/h2,5-6,11,16H,3-4,7,9-10H2,1H3/t11-/m0/s1. The predicted octanol–water partition coefficient (Wildman–Crippen LogP) is 0.719. The Morgan fingerprint density at radius 1 is 1.60 bits per heavy atom. The first-order chi connectivity index (χ1) is 9.49. The fourth-order valence-electron chi connectivity index (χ4n) is 2.43. The van der Waals surface area contributed by atoms with Crippen LogP contribution in [0.4, 0.5) is 5.82 Å². The number of nitriles is 1. The number of rotatable bonds is 4. The van der Waals surface area contributed by atoms with Crippen LogP contribution in [-0.2, 0) is 10.0 Å². The van der Waals surface area contributed by atoms with Crippen molar-refractivity contribution in [2.45, 2.75) is 12.8 Å². The Kier molecular flexibility index (Phi) is 4.57. The van der Waals surface area contributed by atoms with Crippen molar-refractivity contribution in [3.05, 3.63) is 23.9 Å². The Balaban J connectivity index is 2.05. The maximum atomic E-state index is 11.1. The lowest BCUT2D eigenvalue weighted by atomic mass is 9.98. The van der Waals surface area contributed by atoms with Crippen molar-refractivity contribution in [2.75, 3.05) is 30.8 Å². The molecule has 0 aliphatic carbocycles. The Bertz CT molecular complexity index is 609. The van der Waals surface area contributed by atoms with Gasteiger partial charge in [-0.05, 0) is 30.9 Å². The van der Waals surface area contributed by atoms with Crippen molar-refractivity contribution in [3.8, 4) is 6.07 Å². The molecule has 1 aromatic rings. The van der Waals surface area contributed by atoms with Crippen LogP contribution >= 0.6 is 0 Å². The molecule has 2 heterocycles. The average Bonchev–Trinajstić information content (AvgIpc) is 2.45. The highest BCUT2D eigenvalue weighted by Crippen LogP contribution is 2.23. The van der Waals surface area contributed by atoms with Gasteiger partial charge in [0.1, 0.15) is 11.9 Å². The molecule has 1 N–H and O–H groups in total. The molecule has 0 spiro atoms. The van der Waals surface area contributed by atoms with Crippen LogP contribution < -0.4 is 9.62 Å². The molecule has 1 aromatic heterocycles. The van der Waals surface area contributed by atoms with Crippen molar-refractivity contribution in [3.63, 3.8) is 0 Å². The molecule has 0 radical (unpaired) electrons. The molecule has 0 aromatic carbocycles.